The first kappa shape index (κ1) is 11.5. The molecule has 0 unspecified atom stereocenters. The molecule has 0 spiro atoms. The van der Waals surface area contributed by atoms with E-state index in [2.05, 4.69) is 4.98 Å². The second kappa shape index (κ2) is 5.34. The molecule has 0 aliphatic heterocycles. The van der Waals surface area contributed by atoms with E-state index in [1.54, 1.807) is 18.5 Å². The van der Waals surface area contributed by atoms with E-state index in [4.69, 9.17) is 4.74 Å². The predicted octanol–water partition coefficient (Wildman–Crippen LogP) is 1.71. The number of ether oxygens (including phenoxy) is 1. The lowest BCUT2D eigenvalue weighted by Crippen LogP contribution is -2.16. The van der Waals surface area contributed by atoms with Gasteiger partial charge in [0.25, 0.3) is 0 Å². The number of aromatic nitrogens is 1. The summed E-state index contributed by atoms with van der Waals surface area (Å²) in [5.41, 5.74) is 1.34. The van der Waals surface area contributed by atoms with E-state index in [1.165, 1.54) is 0 Å². The van der Waals surface area contributed by atoms with Gasteiger partial charge in [-0.15, -0.1) is 0 Å². The molecule has 1 rings (SSSR count). The number of hydrogen-bond donors (Lipinski definition) is 0. The van der Waals surface area contributed by atoms with Crippen molar-refractivity contribution in [3.63, 3.8) is 0 Å². The van der Waals surface area contributed by atoms with Gasteiger partial charge in [0, 0.05) is 20.3 Å². The molecule has 15 heavy (non-hydrogen) atoms. The molecule has 0 atom stereocenters. The van der Waals surface area contributed by atoms with Crippen molar-refractivity contribution in [2.24, 2.45) is 0 Å². The lowest BCUT2D eigenvalue weighted by atomic mass is 10.2. The number of esters is 1. The summed E-state index contributed by atoms with van der Waals surface area (Å²) in [6.45, 7) is 2.42. The summed E-state index contributed by atoms with van der Waals surface area (Å²) in [6, 6.07) is 1.67. The minimum absolute atomic E-state index is 0.289. The quantitative estimate of drug-likeness (QED) is 0.706. The molecule has 0 radical (unpaired) electrons. The molecule has 0 bridgehead atoms. The standard InChI is InChI=1S/C11H16N2O2/c1-4-7-15-11(14)9-5-6-12-8-10(9)13(2)3/h5-6,8H,4,7H2,1-3H3. The minimum atomic E-state index is -0.289. The molecule has 1 aromatic rings. The third-order valence-electron chi connectivity index (χ3n) is 1.94. The van der Waals surface area contributed by atoms with Crippen LogP contribution < -0.4 is 4.90 Å². The zero-order valence-electron chi connectivity index (χ0n) is 9.36. The smallest absolute Gasteiger partial charge is 0.340 e. The summed E-state index contributed by atoms with van der Waals surface area (Å²) < 4.78 is 5.07. The molecule has 4 nitrogen and oxygen atoms in total. The van der Waals surface area contributed by atoms with E-state index in [1.807, 2.05) is 25.9 Å². The van der Waals surface area contributed by atoms with Crippen LogP contribution in [0.25, 0.3) is 0 Å². The molecular weight excluding hydrogens is 192 g/mol. The van der Waals surface area contributed by atoms with Crippen molar-refractivity contribution in [2.45, 2.75) is 13.3 Å². The van der Waals surface area contributed by atoms with Gasteiger partial charge in [-0.1, -0.05) is 6.92 Å². The molecule has 0 N–H and O–H groups in total. The highest BCUT2D eigenvalue weighted by atomic mass is 16.5. The molecule has 0 amide bonds. The topological polar surface area (TPSA) is 42.4 Å². The molecule has 1 heterocycles. The Morgan fingerprint density at radius 1 is 1.53 bits per heavy atom. The molecule has 0 fully saturated rings. The first-order chi connectivity index (χ1) is 7.16. The Bertz CT molecular complexity index is 337. The zero-order valence-corrected chi connectivity index (χ0v) is 9.36. The average Bonchev–Trinajstić information content (AvgIpc) is 2.25. The SMILES string of the molecule is CCCOC(=O)c1ccncc1N(C)C. The second-order valence-corrected chi connectivity index (χ2v) is 3.42. The number of anilines is 1. The van der Waals surface area contributed by atoms with Gasteiger partial charge in [-0.25, -0.2) is 4.79 Å². The number of carbonyl (C=O) groups is 1. The summed E-state index contributed by atoms with van der Waals surface area (Å²) >= 11 is 0. The molecular formula is C11H16N2O2. The highest BCUT2D eigenvalue weighted by Gasteiger charge is 2.13. The van der Waals surface area contributed by atoms with Gasteiger partial charge < -0.3 is 9.64 Å². The maximum Gasteiger partial charge on any atom is 0.340 e. The van der Waals surface area contributed by atoms with Crippen molar-refractivity contribution >= 4 is 11.7 Å². The van der Waals surface area contributed by atoms with E-state index < -0.39 is 0 Å². The molecule has 82 valence electrons. The van der Waals surface area contributed by atoms with Crippen molar-refractivity contribution in [1.82, 2.24) is 4.98 Å². The molecule has 0 saturated carbocycles. The maximum absolute atomic E-state index is 11.7. The van der Waals surface area contributed by atoms with Gasteiger partial charge in [0.2, 0.25) is 0 Å². The van der Waals surface area contributed by atoms with Crippen LogP contribution in [0.15, 0.2) is 18.5 Å². The van der Waals surface area contributed by atoms with E-state index in [0.717, 1.165) is 12.1 Å². The fraction of sp³-hybridized carbons (Fsp3) is 0.455. The Hall–Kier alpha value is -1.58. The van der Waals surface area contributed by atoms with Crippen LogP contribution in [0.4, 0.5) is 5.69 Å². The second-order valence-electron chi connectivity index (χ2n) is 3.42. The van der Waals surface area contributed by atoms with Crippen LogP contribution in [0.2, 0.25) is 0 Å². The van der Waals surface area contributed by atoms with Gasteiger partial charge in [-0.2, -0.15) is 0 Å². The highest BCUT2D eigenvalue weighted by Crippen LogP contribution is 2.17. The largest absolute Gasteiger partial charge is 0.462 e. The molecule has 0 aliphatic rings. The van der Waals surface area contributed by atoms with Crippen LogP contribution in [0.1, 0.15) is 23.7 Å². The van der Waals surface area contributed by atoms with Crippen molar-refractivity contribution in [3.8, 4) is 0 Å². The van der Waals surface area contributed by atoms with Crippen LogP contribution in [-0.4, -0.2) is 31.7 Å². The van der Waals surface area contributed by atoms with E-state index in [0.29, 0.717) is 12.2 Å². The number of rotatable bonds is 4. The number of pyridine rings is 1. The van der Waals surface area contributed by atoms with Crippen molar-refractivity contribution in [3.05, 3.63) is 24.0 Å². The van der Waals surface area contributed by atoms with Crippen LogP contribution in [0.5, 0.6) is 0 Å². The summed E-state index contributed by atoms with van der Waals surface area (Å²) in [5, 5.41) is 0. The molecule has 0 saturated heterocycles. The normalized spacial score (nSPS) is 9.80. The van der Waals surface area contributed by atoms with Crippen molar-refractivity contribution in [2.75, 3.05) is 25.6 Å². The monoisotopic (exact) mass is 208 g/mol. The summed E-state index contributed by atoms with van der Waals surface area (Å²) in [4.78, 5) is 17.5. The Morgan fingerprint density at radius 3 is 2.87 bits per heavy atom. The van der Waals surface area contributed by atoms with Gasteiger partial charge in [0.1, 0.15) is 0 Å². The molecule has 0 aromatic carbocycles. The van der Waals surface area contributed by atoms with Crippen LogP contribution in [0, 0.1) is 0 Å². The Kier molecular flexibility index (Phi) is 4.09. The lowest BCUT2D eigenvalue weighted by Gasteiger charge is -2.15. The minimum Gasteiger partial charge on any atom is -0.462 e. The lowest BCUT2D eigenvalue weighted by molar-refractivity contribution is 0.0506. The van der Waals surface area contributed by atoms with Crippen LogP contribution in [-0.2, 0) is 4.74 Å². The summed E-state index contributed by atoms with van der Waals surface area (Å²) in [6.07, 6.45) is 4.08. The van der Waals surface area contributed by atoms with Gasteiger partial charge >= 0.3 is 5.97 Å². The average molecular weight is 208 g/mol. The first-order valence-corrected chi connectivity index (χ1v) is 4.95. The van der Waals surface area contributed by atoms with Crippen LogP contribution >= 0.6 is 0 Å². The highest BCUT2D eigenvalue weighted by molar-refractivity contribution is 5.95. The van der Waals surface area contributed by atoms with E-state index in [9.17, 15) is 4.79 Å². The third-order valence-corrected chi connectivity index (χ3v) is 1.94. The van der Waals surface area contributed by atoms with Gasteiger partial charge in [0.05, 0.1) is 24.1 Å². The predicted molar refractivity (Wildman–Crippen MR) is 59.1 cm³/mol. The Morgan fingerprint density at radius 2 is 2.27 bits per heavy atom. The Labute approximate surface area is 89.9 Å². The fourth-order valence-corrected chi connectivity index (χ4v) is 1.19. The molecule has 1 aromatic heterocycles. The van der Waals surface area contributed by atoms with Crippen LogP contribution in [0.3, 0.4) is 0 Å². The number of nitrogens with zero attached hydrogens (tertiary/aromatic N) is 2. The van der Waals surface area contributed by atoms with E-state index in [-0.39, 0.29) is 5.97 Å². The van der Waals surface area contributed by atoms with Crippen molar-refractivity contribution in [1.29, 1.82) is 0 Å². The number of hydrogen-bond acceptors (Lipinski definition) is 4. The molecule has 0 aliphatic carbocycles. The zero-order chi connectivity index (χ0) is 11.3. The summed E-state index contributed by atoms with van der Waals surface area (Å²) in [7, 11) is 3.74. The third kappa shape index (κ3) is 2.94. The van der Waals surface area contributed by atoms with Gasteiger partial charge in [-0.05, 0) is 12.5 Å². The maximum atomic E-state index is 11.7. The number of carbonyl (C=O) groups excluding carboxylic acids is 1. The fourth-order valence-electron chi connectivity index (χ4n) is 1.19. The first-order valence-electron chi connectivity index (χ1n) is 4.95. The molecule has 4 heteroatoms. The summed E-state index contributed by atoms with van der Waals surface area (Å²) in [5.74, 6) is -0.289. The van der Waals surface area contributed by atoms with Gasteiger partial charge in [0.15, 0.2) is 0 Å². The Balaban J connectivity index is 2.87. The van der Waals surface area contributed by atoms with Crippen molar-refractivity contribution < 1.29 is 9.53 Å². The van der Waals surface area contributed by atoms with E-state index >= 15 is 0 Å². The van der Waals surface area contributed by atoms with Gasteiger partial charge in [-0.3, -0.25) is 4.98 Å².